The molecule has 1 aromatic carbocycles. The predicted molar refractivity (Wildman–Crippen MR) is 132 cm³/mol. The summed E-state index contributed by atoms with van der Waals surface area (Å²) in [6.07, 6.45) is 10.1. The molecule has 3 aromatic rings. The van der Waals surface area contributed by atoms with Crippen LogP contribution in [-0.4, -0.2) is 35.1 Å². The van der Waals surface area contributed by atoms with E-state index in [-0.39, 0.29) is 18.0 Å². The van der Waals surface area contributed by atoms with E-state index < -0.39 is 5.97 Å². The Labute approximate surface area is 198 Å². The lowest BCUT2D eigenvalue weighted by molar-refractivity contribution is -0.141. The van der Waals surface area contributed by atoms with E-state index in [1.807, 2.05) is 24.3 Å². The van der Waals surface area contributed by atoms with Crippen molar-refractivity contribution in [2.75, 3.05) is 19.0 Å². The van der Waals surface area contributed by atoms with Gasteiger partial charge in [0.2, 0.25) is 0 Å². The zero-order valence-corrected chi connectivity index (χ0v) is 19.3. The molecule has 0 aliphatic carbocycles. The van der Waals surface area contributed by atoms with Crippen molar-refractivity contribution in [1.29, 1.82) is 0 Å². The fourth-order valence-electron chi connectivity index (χ4n) is 3.68. The standard InChI is InChI=1S/C26H30N4O4/c1-34-25(32)18-30-17-22(11-12-24(30)31)29-26(33)20-10-9-19(7-4-2-3-5-13-27)23(15-20)21-8-6-14-28-16-21/h6,8-12,14-17H,2-5,7,13,18,27H2,1H3,(H,29,33). The molecular formula is C26H30N4O4. The quantitative estimate of drug-likeness (QED) is 0.333. The third-order valence-corrected chi connectivity index (χ3v) is 5.51. The molecule has 8 nitrogen and oxygen atoms in total. The summed E-state index contributed by atoms with van der Waals surface area (Å²) >= 11 is 0. The van der Waals surface area contributed by atoms with E-state index in [2.05, 4.69) is 15.0 Å². The third kappa shape index (κ3) is 6.86. The number of nitrogens with one attached hydrogen (secondary N) is 1. The van der Waals surface area contributed by atoms with E-state index in [0.29, 0.717) is 17.8 Å². The Morgan fingerprint density at radius 1 is 1.09 bits per heavy atom. The van der Waals surface area contributed by atoms with Crippen LogP contribution in [0.25, 0.3) is 11.1 Å². The fourth-order valence-corrected chi connectivity index (χ4v) is 3.68. The number of methoxy groups -OCH3 is 1. The van der Waals surface area contributed by atoms with Crippen LogP contribution >= 0.6 is 0 Å². The SMILES string of the molecule is COC(=O)Cn1cc(NC(=O)c2ccc(CCCCCCN)c(-c3cccnc3)c2)ccc1=O. The number of hydrogen-bond acceptors (Lipinski definition) is 6. The lowest BCUT2D eigenvalue weighted by atomic mass is 9.94. The van der Waals surface area contributed by atoms with Crippen LogP contribution in [0.1, 0.15) is 41.6 Å². The summed E-state index contributed by atoms with van der Waals surface area (Å²) in [7, 11) is 1.25. The molecule has 2 aromatic heterocycles. The molecule has 0 fully saturated rings. The number of pyridine rings is 2. The lowest BCUT2D eigenvalue weighted by Crippen LogP contribution is -2.24. The lowest BCUT2D eigenvalue weighted by Gasteiger charge is -2.13. The summed E-state index contributed by atoms with van der Waals surface area (Å²) in [5.74, 6) is -0.867. The number of anilines is 1. The zero-order chi connectivity index (χ0) is 24.3. The average Bonchev–Trinajstić information content (AvgIpc) is 2.86. The summed E-state index contributed by atoms with van der Waals surface area (Å²) < 4.78 is 5.81. The first-order valence-corrected chi connectivity index (χ1v) is 11.3. The van der Waals surface area contributed by atoms with Crippen LogP contribution < -0.4 is 16.6 Å². The summed E-state index contributed by atoms with van der Waals surface area (Å²) in [5.41, 5.74) is 9.18. The van der Waals surface area contributed by atoms with Crippen LogP contribution in [0.5, 0.6) is 0 Å². The van der Waals surface area contributed by atoms with Gasteiger partial charge in [-0.05, 0) is 61.2 Å². The largest absolute Gasteiger partial charge is 0.468 e. The van der Waals surface area contributed by atoms with Gasteiger partial charge in [0.25, 0.3) is 11.5 Å². The molecule has 3 rings (SSSR count). The molecule has 0 atom stereocenters. The van der Waals surface area contributed by atoms with Crippen molar-refractivity contribution in [1.82, 2.24) is 9.55 Å². The number of aryl methyl sites for hydroxylation is 1. The first kappa shape index (κ1) is 24.9. The maximum absolute atomic E-state index is 13.0. The van der Waals surface area contributed by atoms with Gasteiger partial charge in [0.1, 0.15) is 6.54 Å². The summed E-state index contributed by atoms with van der Waals surface area (Å²) in [5, 5.41) is 2.80. The van der Waals surface area contributed by atoms with E-state index in [1.165, 1.54) is 30.0 Å². The van der Waals surface area contributed by atoms with Crippen molar-refractivity contribution in [3.63, 3.8) is 0 Å². The molecule has 34 heavy (non-hydrogen) atoms. The van der Waals surface area contributed by atoms with E-state index in [0.717, 1.165) is 48.8 Å². The molecule has 2 heterocycles. The van der Waals surface area contributed by atoms with Crippen molar-refractivity contribution in [3.8, 4) is 11.1 Å². The molecule has 0 radical (unpaired) electrons. The number of rotatable bonds is 11. The molecular weight excluding hydrogens is 432 g/mol. The molecule has 0 saturated heterocycles. The van der Waals surface area contributed by atoms with Gasteiger partial charge < -0.3 is 20.4 Å². The Bertz CT molecular complexity index is 1170. The normalized spacial score (nSPS) is 10.6. The minimum atomic E-state index is -0.551. The number of benzene rings is 1. The average molecular weight is 463 g/mol. The van der Waals surface area contributed by atoms with Crippen LogP contribution in [0.15, 0.2) is 65.8 Å². The van der Waals surface area contributed by atoms with E-state index in [1.54, 1.807) is 18.5 Å². The molecule has 0 aliphatic heterocycles. The highest BCUT2D eigenvalue weighted by Gasteiger charge is 2.13. The van der Waals surface area contributed by atoms with Crippen LogP contribution in [0.4, 0.5) is 5.69 Å². The minimum absolute atomic E-state index is 0.232. The Kier molecular flexibility index (Phi) is 9.11. The minimum Gasteiger partial charge on any atom is -0.468 e. The molecule has 0 saturated carbocycles. The second-order valence-electron chi connectivity index (χ2n) is 7.98. The second-order valence-corrected chi connectivity index (χ2v) is 7.98. The van der Waals surface area contributed by atoms with Gasteiger partial charge in [-0.1, -0.05) is 25.0 Å². The monoisotopic (exact) mass is 462 g/mol. The van der Waals surface area contributed by atoms with Gasteiger partial charge >= 0.3 is 5.97 Å². The maximum atomic E-state index is 13.0. The maximum Gasteiger partial charge on any atom is 0.325 e. The van der Waals surface area contributed by atoms with Crippen LogP contribution in [0.3, 0.4) is 0 Å². The summed E-state index contributed by atoms with van der Waals surface area (Å²) in [6.45, 7) is 0.481. The number of ether oxygens (including phenoxy) is 1. The van der Waals surface area contributed by atoms with Gasteiger partial charge in [0.15, 0.2) is 0 Å². The number of hydrogen-bond donors (Lipinski definition) is 2. The molecule has 0 unspecified atom stereocenters. The molecule has 178 valence electrons. The Morgan fingerprint density at radius 3 is 2.65 bits per heavy atom. The number of unbranched alkanes of at least 4 members (excludes halogenated alkanes) is 3. The molecule has 0 spiro atoms. The van der Waals surface area contributed by atoms with E-state index >= 15 is 0 Å². The number of aromatic nitrogens is 2. The van der Waals surface area contributed by atoms with Gasteiger partial charge in [-0.15, -0.1) is 0 Å². The molecule has 0 aliphatic rings. The first-order valence-electron chi connectivity index (χ1n) is 11.3. The van der Waals surface area contributed by atoms with Crippen molar-refractivity contribution in [3.05, 3.63) is 82.5 Å². The number of carbonyl (C=O) groups excluding carboxylic acids is 2. The van der Waals surface area contributed by atoms with Crippen molar-refractivity contribution in [2.24, 2.45) is 5.73 Å². The zero-order valence-electron chi connectivity index (χ0n) is 19.3. The highest BCUT2D eigenvalue weighted by atomic mass is 16.5. The predicted octanol–water partition coefficient (Wildman–Crippen LogP) is 3.40. The van der Waals surface area contributed by atoms with Crippen LogP contribution in [-0.2, 0) is 22.5 Å². The highest BCUT2D eigenvalue weighted by Crippen LogP contribution is 2.26. The highest BCUT2D eigenvalue weighted by molar-refractivity contribution is 6.05. The smallest absolute Gasteiger partial charge is 0.325 e. The van der Waals surface area contributed by atoms with Gasteiger partial charge in [-0.25, -0.2) is 0 Å². The first-order chi connectivity index (χ1) is 16.5. The summed E-state index contributed by atoms with van der Waals surface area (Å²) in [6, 6.07) is 12.3. The van der Waals surface area contributed by atoms with E-state index in [4.69, 9.17) is 5.73 Å². The molecule has 1 amide bonds. The van der Waals surface area contributed by atoms with Gasteiger partial charge in [-0.2, -0.15) is 0 Å². The number of amides is 1. The van der Waals surface area contributed by atoms with E-state index in [9.17, 15) is 14.4 Å². The number of esters is 1. The molecule has 8 heteroatoms. The number of nitrogens with two attached hydrogens (primary N) is 1. The van der Waals surface area contributed by atoms with Crippen LogP contribution in [0, 0.1) is 0 Å². The fraction of sp³-hybridized carbons (Fsp3) is 0.308. The molecule has 3 N–H and O–H groups in total. The van der Waals surface area contributed by atoms with Crippen molar-refractivity contribution < 1.29 is 14.3 Å². The van der Waals surface area contributed by atoms with Gasteiger partial charge in [0, 0.05) is 35.8 Å². The van der Waals surface area contributed by atoms with Crippen molar-refractivity contribution >= 4 is 17.6 Å². The van der Waals surface area contributed by atoms with Gasteiger partial charge in [-0.3, -0.25) is 19.4 Å². The molecule has 0 bridgehead atoms. The number of carbonyl (C=O) groups is 2. The second kappa shape index (κ2) is 12.5. The Balaban J connectivity index is 1.81. The Hall–Kier alpha value is -3.78. The van der Waals surface area contributed by atoms with Gasteiger partial charge in [0.05, 0.1) is 12.8 Å². The Morgan fingerprint density at radius 2 is 1.91 bits per heavy atom. The number of nitrogens with zero attached hydrogens (tertiary/aromatic N) is 2. The van der Waals surface area contributed by atoms with Crippen LogP contribution in [0.2, 0.25) is 0 Å². The third-order valence-electron chi connectivity index (χ3n) is 5.51. The topological polar surface area (TPSA) is 116 Å². The van der Waals surface area contributed by atoms with Crippen molar-refractivity contribution in [2.45, 2.75) is 38.6 Å². The summed E-state index contributed by atoms with van der Waals surface area (Å²) in [4.78, 5) is 40.8.